The van der Waals surface area contributed by atoms with E-state index in [1.165, 1.54) is 4.88 Å². The van der Waals surface area contributed by atoms with Gasteiger partial charge in [0.1, 0.15) is 11.6 Å². The zero-order chi connectivity index (χ0) is 13.7. The van der Waals surface area contributed by atoms with Crippen LogP contribution in [-0.2, 0) is 0 Å². The summed E-state index contributed by atoms with van der Waals surface area (Å²) < 4.78 is 0. The molecule has 2 heterocycles. The van der Waals surface area contributed by atoms with Gasteiger partial charge in [-0.25, -0.2) is 9.97 Å². The highest BCUT2D eigenvalue weighted by molar-refractivity contribution is 7.98. The Bertz CT molecular complexity index is 513. The zero-order valence-electron chi connectivity index (χ0n) is 11.3. The number of rotatable bonds is 6. The van der Waals surface area contributed by atoms with Gasteiger partial charge in [0, 0.05) is 17.5 Å². The van der Waals surface area contributed by atoms with Gasteiger partial charge in [-0.15, -0.1) is 11.3 Å². The summed E-state index contributed by atoms with van der Waals surface area (Å²) in [4.78, 5) is 10.2. The fourth-order valence-corrected chi connectivity index (χ4v) is 2.81. The molecule has 4 nitrogen and oxygen atoms in total. The Labute approximate surface area is 122 Å². The van der Waals surface area contributed by atoms with Crippen molar-refractivity contribution < 1.29 is 0 Å². The van der Waals surface area contributed by atoms with Crippen molar-refractivity contribution in [2.45, 2.75) is 25.0 Å². The third kappa shape index (κ3) is 3.84. The summed E-state index contributed by atoms with van der Waals surface area (Å²) in [7, 11) is 0. The van der Waals surface area contributed by atoms with Crippen LogP contribution < -0.4 is 10.6 Å². The van der Waals surface area contributed by atoms with E-state index in [4.69, 9.17) is 0 Å². The molecular formula is C13H18N4S2. The Hall–Kier alpha value is -1.27. The number of thiophene rings is 1. The largest absolute Gasteiger partial charge is 0.370 e. The molecule has 0 aliphatic heterocycles. The quantitative estimate of drug-likeness (QED) is 0.626. The highest BCUT2D eigenvalue weighted by atomic mass is 32.2. The lowest BCUT2D eigenvalue weighted by atomic mass is 10.3. The molecule has 2 rings (SSSR count). The molecule has 1 unspecified atom stereocenters. The maximum absolute atomic E-state index is 4.49. The molecule has 6 heteroatoms. The summed E-state index contributed by atoms with van der Waals surface area (Å²) in [6, 6.07) is 6.40. The van der Waals surface area contributed by atoms with Gasteiger partial charge in [0.15, 0.2) is 5.16 Å². The number of anilines is 2. The summed E-state index contributed by atoms with van der Waals surface area (Å²) in [6.45, 7) is 5.05. The van der Waals surface area contributed by atoms with E-state index in [9.17, 15) is 0 Å². The van der Waals surface area contributed by atoms with Gasteiger partial charge >= 0.3 is 0 Å². The van der Waals surface area contributed by atoms with Gasteiger partial charge < -0.3 is 10.6 Å². The molecule has 0 saturated heterocycles. The monoisotopic (exact) mass is 294 g/mol. The molecule has 2 aromatic heterocycles. The molecule has 19 heavy (non-hydrogen) atoms. The predicted octanol–water partition coefficient (Wildman–Crippen LogP) is 3.86. The van der Waals surface area contributed by atoms with Crippen LogP contribution in [0.4, 0.5) is 11.6 Å². The molecule has 0 saturated carbocycles. The van der Waals surface area contributed by atoms with E-state index in [-0.39, 0.29) is 6.04 Å². The normalized spacial score (nSPS) is 12.2. The summed E-state index contributed by atoms with van der Waals surface area (Å²) >= 11 is 3.30. The van der Waals surface area contributed by atoms with Crippen LogP contribution in [-0.4, -0.2) is 22.8 Å². The molecule has 102 valence electrons. The van der Waals surface area contributed by atoms with Gasteiger partial charge in [0.25, 0.3) is 0 Å². The van der Waals surface area contributed by atoms with Gasteiger partial charge in [-0.05, 0) is 31.5 Å². The van der Waals surface area contributed by atoms with Crippen molar-refractivity contribution in [3.8, 4) is 0 Å². The summed E-state index contributed by atoms with van der Waals surface area (Å²) in [5.74, 6) is 1.72. The van der Waals surface area contributed by atoms with Crippen LogP contribution in [0.25, 0.3) is 0 Å². The maximum atomic E-state index is 4.49. The van der Waals surface area contributed by atoms with Crippen LogP contribution in [0.1, 0.15) is 24.8 Å². The average molecular weight is 294 g/mol. The third-order valence-corrected chi connectivity index (χ3v) is 4.18. The first-order valence-corrected chi connectivity index (χ1v) is 8.30. The highest BCUT2D eigenvalue weighted by Gasteiger charge is 2.09. The molecule has 0 bridgehead atoms. The van der Waals surface area contributed by atoms with Crippen molar-refractivity contribution in [3.05, 3.63) is 28.5 Å². The Morgan fingerprint density at radius 1 is 1.37 bits per heavy atom. The molecule has 0 amide bonds. The highest BCUT2D eigenvalue weighted by Crippen LogP contribution is 2.24. The van der Waals surface area contributed by atoms with Gasteiger partial charge in [-0.1, -0.05) is 17.8 Å². The van der Waals surface area contributed by atoms with Crippen molar-refractivity contribution >= 4 is 34.7 Å². The molecule has 0 spiro atoms. The van der Waals surface area contributed by atoms with Crippen LogP contribution in [0.15, 0.2) is 28.7 Å². The third-order valence-electron chi connectivity index (χ3n) is 2.58. The van der Waals surface area contributed by atoms with E-state index in [0.717, 1.165) is 23.3 Å². The summed E-state index contributed by atoms with van der Waals surface area (Å²) in [5.41, 5.74) is 0. The van der Waals surface area contributed by atoms with E-state index in [1.807, 2.05) is 12.3 Å². The van der Waals surface area contributed by atoms with Gasteiger partial charge in [-0.2, -0.15) is 0 Å². The first-order chi connectivity index (χ1) is 9.22. The topological polar surface area (TPSA) is 49.8 Å². The van der Waals surface area contributed by atoms with E-state index in [2.05, 4.69) is 52.0 Å². The van der Waals surface area contributed by atoms with Crippen molar-refractivity contribution in [2.75, 3.05) is 23.4 Å². The van der Waals surface area contributed by atoms with Gasteiger partial charge in [0.2, 0.25) is 0 Å². The van der Waals surface area contributed by atoms with Crippen molar-refractivity contribution in [1.82, 2.24) is 9.97 Å². The Kier molecular flexibility index (Phi) is 5.04. The smallest absolute Gasteiger partial charge is 0.191 e. The second kappa shape index (κ2) is 6.77. The van der Waals surface area contributed by atoms with Gasteiger partial charge in [0.05, 0.1) is 6.04 Å². The molecule has 0 radical (unpaired) electrons. The van der Waals surface area contributed by atoms with Crippen LogP contribution in [0.2, 0.25) is 0 Å². The molecule has 2 aromatic rings. The van der Waals surface area contributed by atoms with Crippen LogP contribution >= 0.6 is 23.1 Å². The number of thioether (sulfide) groups is 1. The first kappa shape index (κ1) is 14.1. The number of nitrogens with one attached hydrogen (secondary N) is 2. The predicted molar refractivity (Wildman–Crippen MR) is 84.3 cm³/mol. The Morgan fingerprint density at radius 2 is 2.16 bits per heavy atom. The van der Waals surface area contributed by atoms with E-state index in [0.29, 0.717) is 0 Å². The molecule has 0 fully saturated rings. The lowest BCUT2D eigenvalue weighted by molar-refractivity contribution is 0.872. The molecule has 1 atom stereocenters. The van der Waals surface area contributed by atoms with Crippen molar-refractivity contribution in [3.63, 3.8) is 0 Å². The fourth-order valence-electron chi connectivity index (χ4n) is 1.69. The van der Waals surface area contributed by atoms with E-state index in [1.54, 1.807) is 23.1 Å². The first-order valence-electron chi connectivity index (χ1n) is 6.19. The minimum absolute atomic E-state index is 0.249. The molecule has 0 aliphatic carbocycles. The van der Waals surface area contributed by atoms with Crippen LogP contribution in [0, 0.1) is 0 Å². The second-order valence-electron chi connectivity index (χ2n) is 4.04. The molecule has 0 aromatic carbocycles. The Balaban J connectivity index is 2.16. The fraction of sp³-hybridized carbons (Fsp3) is 0.385. The second-order valence-corrected chi connectivity index (χ2v) is 5.79. The summed E-state index contributed by atoms with van der Waals surface area (Å²) in [6.07, 6.45) is 1.98. The standard InChI is InChI=1S/C13H18N4S2/c1-4-14-11-8-12(17-13(16-11)18-3)15-9(2)10-6-5-7-19-10/h5-9H,4H2,1-3H3,(H2,14,15,16,17). The number of hydrogen-bond acceptors (Lipinski definition) is 6. The SMILES string of the molecule is CCNc1cc(NC(C)c2cccs2)nc(SC)n1. The molecule has 0 aliphatic rings. The zero-order valence-corrected chi connectivity index (χ0v) is 12.9. The lowest BCUT2D eigenvalue weighted by Crippen LogP contribution is -2.09. The average Bonchev–Trinajstić information content (AvgIpc) is 2.92. The minimum Gasteiger partial charge on any atom is -0.370 e. The van der Waals surface area contributed by atoms with Crippen LogP contribution in [0.3, 0.4) is 0 Å². The molecule has 2 N–H and O–H groups in total. The number of hydrogen-bond donors (Lipinski definition) is 2. The number of aromatic nitrogens is 2. The van der Waals surface area contributed by atoms with Crippen molar-refractivity contribution in [1.29, 1.82) is 0 Å². The maximum Gasteiger partial charge on any atom is 0.191 e. The van der Waals surface area contributed by atoms with Crippen LogP contribution in [0.5, 0.6) is 0 Å². The summed E-state index contributed by atoms with van der Waals surface area (Å²) in [5, 5.41) is 9.52. The lowest BCUT2D eigenvalue weighted by Gasteiger charge is -2.14. The molecular weight excluding hydrogens is 276 g/mol. The number of nitrogens with zero attached hydrogens (tertiary/aromatic N) is 2. The van der Waals surface area contributed by atoms with E-state index < -0.39 is 0 Å². The van der Waals surface area contributed by atoms with Gasteiger partial charge in [-0.3, -0.25) is 0 Å². The Morgan fingerprint density at radius 3 is 2.79 bits per heavy atom. The minimum atomic E-state index is 0.249. The van der Waals surface area contributed by atoms with Crippen molar-refractivity contribution in [2.24, 2.45) is 0 Å². The van der Waals surface area contributed by atoms with E-state index >= 15 is 0 Å².